The lowest BCUT2D eigenvalue weighted by atomic mass is 10.5. The molecule has 0 saturated carbocycles. The third-order valence-corrected chi connectivity index (χ3v) is 1.63. The Kier molecular flexibility index (Phi) is 7.51. The topological polar surface area (TPSA) is 12.9 Å². The van der Waals surface area contributed by atoms with Crippen molar-refractivity contribution in [2.24, 2.45) is 0 Å². The zero-order valence-electron chi connectivity index (χ0n) is 6.04. The number of alkyl halides is 1. The second-order valence-electron chi connectivity index (χ2n) is 1.39. The number of thioether (sulfide) groups is 1. The van der Waals surface area contributed by atoms with E-state index >= 15 is 0 Å². The average Bonchev–Trinajstić information content (AvgIpc) is 2.10. The predicted octanol–water partition coefficient (Wildman–Crippen LogP) is 2.85. The van der Waals surface area contributed by atoms with Crippen molar-refractivity contribution in [3.63, 3.8) is 0 Å². The highest BCUT2D eigenvalue weighted by Gasteiger charge is 1.81. The summed E-state index contributed by atoms with van der Waals surface area (Å²) in [5, 5.41) is 0. The molecule has 0 fully saturated rings. The maximum atomic E-state index is 3.88. The first-order valence-electron chi connectivity index (χ1n) is 2.75. The molecule has 1 aromatic heterocycles. The Bertz CT molecular complexity index is 155. The van der Waals surface area contributed by atoms with E-state index in [0.29, 0.717) is 0 Å². The van der Waals surface area contributed by atoms with Crippen LogP contribution in [0.5, 0.6) is 0 Å². The SMILES string of the molecule is CI.CSc1ccncc1. The highest BCUT2D eigenvalue weighted by Crippen LogP contribution is 2.10. The van der Waals surface area contributed by atoms with Gasteiger partial charge in [0, 0.05) is 17.3 Å². The van der Waals surface area contributed by atoms with Gasteiger partial charge in [-0.05, 0) is 23.3 Å². The molecule has 0 radical (unpaired) electrons. The van der Waals surface area contributed by atoms with Crippen molar-refractivity contribution in [3.05, 3.63) is 24.5 Å². The van der Waals surface area contributed by atoms with Gasteiger partial charge >= 0.3 is 0 Å². The summed E-state index contributed by atoms with van der Waals surface area (Å²) < 4.78 is 0. The second kappa shape index (κ2) is 7.34. The fraction of sp³-hybridized carbons (Fsp3) is 0.286. The van der Waals surface area contributed by atoms with E-state index in [1.54, 1.807) is 24.2 Å². The first-order valence-corrected chi connectivity index (χ1v) is 6.13. The van der Waals surface area contributed by atoms with Crippen molar-refractivity contribution in [2.75, 3.05) is 11.2 Å². The van der Waals surface area contributed by atoms with E-state index in [9.17, 15) is 0 Å². The van der Waals surface area contributed by atoms with Gasteiger partial charge in [-0.3, -0.25) is 4.98 Å². The van der Waals surface area contributed by atoms with Crippen molar-refractivity contribution < 1.29 is 0 Å². The van der Waals surface area contributed by atoms with Crippen LogP contribution < -0.4 is 0 Å². The van der Waals surface area contributed by atoms with Crippen LogP contribution in [-0.2, 0) is 0 Å². The van der Waals surface area contributed by atoms with E-state index in [-0.39, 0.29) is 0 Å². The molecule has 0 N–H and O–H groups in total. The zero-order chi connectivity index (χ0) is 7.82. The normalized spacial score (nSPS) is 7.90. The molecular formula is C7H10INS. The van der Waals surface area contributed by atoms with Crippen LogP contribution in [0.25, 0.3) is 0 Å². The quantitative estimate of drug-likeness (QED) is 0.441. The number of hydrogen-bond acceptors (Lipinski definition) is 2. The van der Waals surface area contributed by atoms with Crippen molar-refractivity contribution in [1.29, 1.82) is 0 Å². The minimum Gasteiger partial charge on any atom is -0.265 e. The highest BCUT2D eigenvalue weighted by molar-refractivity contribution is 14.1. The molecule has 0 amide bonds. The molecule has 0 aliphatic heterocycles. The lowest BCUT2D eigenvalue weighted by Gasteiger charge is -1.88. The predicted molar refractivity (Wildman–Crippen MR) is 56.0 cm³/mol. The van der Waals surface area contributed by atoms with E-state index in [0.717, 1.165) is 0 Å². The van der Waals surface area contributed by atoms with E-state index < -0.39 is 0 Å². The Labute approximate surface area is 79.8 Å². The van der Waals surface area contributed by atoms with Gasteiger partial charge in [-0.2, -0.15) is 0 Å². The fourth-order valence-corrected chi connectivity index (χ4v) is 0.868. The van der Waals surface area contributed by atoms with E-state index in [2.05, 4.69) is 33.8 Å². The summed E-state index contributed by atoms with van der Waals surface area (Å²) >= 11 is 3.88. The summed E-state index contributed by atoms with van der Waals surface area (Å²) in [6.07, 6.45) is 5.65. The number of halogens is 1. The van der Waals surface area contributed by atoms with Gasteiger partial charge in [-0.1, -0.05) is 22.6 Å². The molecule has 3 heteroatoms. The summed E-state index contributed by atoms with van der Waals surface area (Å²) in [6.45, 7) is 0. The van der Waals surface area contributed by atoms with Crippen LogP contribution in [0, 0.1) is 0 Å². The number of pyridine rings is 1. The number of rotatable bonds is 1. The Morgan fingerprint density at radius 3 is 2.10 bits per heavy atom. The monoisotopic (exact) mass is 267 g/mol. The van der Waals surface area contributed by atoms with Gasteiger partial charge in [0.05, 0.1) is 0 Å². The van der Waals surface area contributed by atoms with Gasteiger partial charge in [-0.15, -0.1) is 11.8 Å². The van der Waals surface area contributed by atoms with Crippen molar-refractivity contribution in [1.82, 2.24) is 4.98 Å². The van der Waals surface area contributed by atoms with Crippen LogP contribution in [0.3, 0.4) is 0 Å². The maximum Gasteiger partial charge on any atom is 0.0278 e. The molecule has 1 aromatic rings. The summed E-state index contributed by atoms with van der Waals surface area (Å²) in [7, 11) is 0. The summed E-state index contributed by atoms with van der Waals surface area (Å²) in [6, 6.07) is 3.98. The van der Waals surface area contributed by atoms with Gasteiger partial charge in [0.2, 0.25) is 0 Å². The smallest absolute Gasteiger partial charge is 0.0278 e. The average molecular weight is 267 g/mol. The van der Waals surface area contributed by atoms with Crippen molar-refractivity contribution in [2.45, 2.75) is 4.90 Å². The third-order valence-electron chi connectivity index (χ3n) is 0.885. The molecule has 0 aromatic carbocycles. The number of aromatic nitrogens is 1. The molecule has 0 unspecified atom stereocenters. The van der Waals surface area contributed by atoms with Crippen LogP contribution in [-0.4, -0.2) is 16.2 Å². The Morgan fingerprint density at radius 1 is 1.30 bits per heavy atom. The van der Waals surface area contributed by atoms with Crippen LogP contribution in [0.4, 0.5) is 0 Å². The fourth-order valence-electron chi connectivity index (χ4n) is 0.474. The molecule has 0 aliphatic carbocycles. The van der Waals surface area contributed by atoms with Gasteiger partial charge in [-0.25, -0.2) is 0 Å². The highest BCUT2D eigenvalue weighted by atomic mass is 127. The first-order chi connectivity index (χ1) is 4.93. The van der Waals surface area contributed by atoms with Crippen LogP contribution >= 0.6 is 34.4 Å². The lowest BCUT2D eigenvalue weighted by molar-refractivity contribution is 1.27. The van der Waals surface area contributed by atoms with Gasteiger partial charge in [0.15, 0.2) is 0 Å². The molecule has 1 heterocycles. The molecule has 56 valence electrons. The molecule has 0 saturated heterocycles. The largest absolute Gasteiger partial charge is 0.265 e. The molecule has 0 spiro atoms. The Hall–Kier alpha value is 0.230. The van der Waals surface area contributed by atoms with E-state index in [1.807, 2.05) is 17.1 Å². The Balaban J connectivity index is 0.000000371. The first kappa shape index (κ1) is 10.2. The summed E-state index contributed by atoms with van der Waals surface area (Å²) in [5.74, 6) is 0. The minimum absolute atomic E-state index is 1.26. The zero-order valence-corrected chi connectivity index (χ0v) is 9.02. The van der Waals surface area contributed by atoms with E-state index in [4.69, 9.17) is 0 Å². The summed E-state index contributed by atoms with van der Waals surface area (Å²) in [5.41, 5.74) is 0. The van der Waals surface area contributed by atoms with Crippen LogP contribution in [0.15, 0.2) is 29.4 Å². The molecule has 0 bridgehead atoms. The minimum atomic E-state index is 1.26. The van der Waals surface area contributed by atoms with Crippen LogP contribution in [0.1, 0.15) is 0 Å². The second-order valence-corrected chi connectivity index (χ2v) is 2.27. The van der Waals surface area contributed by atoms with Gasteiger partial charge < -0.3 is 0 Å². The molecule has 0 aliphatic rings. The summed E-state index contributed by atoms with van der Waals surface area (Å²) in [4.78, 5) is 7.11. The third kappa shape index (κ3) is 4.11. The Morgan fingerprint density at radius 2 is 1.80 bits per heavy atom. The number of hydrogen-bond donors (Lipinski definition) is 0. The number of nitrogens with zero attached hydrogens (tertiary/aromatic N) is 1. The van der Waals surface area contributed by atoms with Gasteiger partial charge in [0.1, 0.15) is 0 Å². The molecule has 10 heavy (non-hydrogen) atoms. The molecular weight excluding hydrogens is 257 g/mol. The molecule has 1 nitrogen and oxygen atoms in total. The van der Waals surface area contributed by atoms with Gasteiger partial charge in [0.25, 0.3) is 0 Å². The van der Waals surface area contributed by atoms with Crippen LogP contribution in [0.2, 0.25) is 0 Å². The van der Waals surface area contributed by atoms with Crippen molar-refractivity contribution >= 4 is 34.4 Å². The van der Waals surface area contributed by atoms with Crippen molar-refractivity contribution in [3.8, 4) is 0 Å². The lowest BCUT2D eigenvalue weighted by Crippen LogP contribution is -1.68. The maximum absolute atomic E-state index is 3.88. The molecule has 1 rings (SSSR count). The molecule has 0 atom stereocenters. The van der Waals surface area contributed by atoms with E-state index in [1.165, 1.54) is 4.90 Å². The standard InChI is InChI=1S/C6H7NS.CH3I/c1-8-6-2-4-7-5-3-6;1-2/h2-5H,1H3;1H3.